The Hall–Kier alpha value is -1.66. The molecule has 6 heteroatoms. The quantitative estimate of drug-likeness (QED) is 0.858. The molecular weight excluding hydrogens is 268 g/mol. The first kappa shape index (κ1) is 14.3. The van der Waals surface area contributed by atoms with Crippen LogP contribution in [0.5, 0.6) is 0 Å². The molecule has 114 valence electrons. The van der Waals surface area contributed by atoms with Gasteiger partial charge in [-0.2, -0.15) is 0 Å². The van der Waals surface area contributed by atoms with Crippen molar-refractivity contribution >= 4 is 17.4 Å². The van der Waals surface area contributed by atoms with Crippen LogP contribution >= 0.6 is 0 Å². The van der Waals surface area contributed by atoms with Gasteiger partial charge in [0.25, 0.3) is 0 Å². The Labute approximate surface area is 124 Å². The highest BCUT2D eigenvalue weighted by molar-refractivity contribution is 5.93. The second-order valence-electron chi connectivity index (χ2n) is 5.74. The minimum Gasteiger partial charge on any atom is -0.378 e. The number of carbonyl (C=O) groups is 1. The summed E-state index contributed by atoms with van der Waals surface area (Å²) in [6, 6.07) is 3.88. The number of rotatable bonds is 3. The normalized spacial score (nSPS) is 25.9. The van der Waals surface area contributed by atoms with Crippen LogP contribution in [0, 0.1) is 11.8 Å². The fourth-order valence-electron chi connectivity index (χ4n) is 2.84. The molecule has 0 radical (unpaired) electrons. The van der Waals surface area contributed by atoms with Crippen molar-refractivity contribution in [3.63, 3.8) is 0 Å². The number of nitrogens with one attached hydrogen (secondary N) is 2. The molecule has 0 spiro atoms. The second-order valence-corrected chi connectivity index (χ2v) is 5.74. The Morgan fingerprint density at radius 3 is 2.81 bits per heavy atom. The van der Waals surface area contributed by atoms with Gasteiger partial charge in [-0.1, -0.05) is 6.92 Å². The highest BCUT2D eigenvalue weighted by Crippen LogP contribution is 2.19. The van der Waals surface area contributed by atoms with E-state index in [2.05, 4.69) is 27.4 Å². The molecule has 2 atom stereocenters. The molecule has 2 fully saturated rings. The Morgan fingerprint density at radius 1 is 1.38 bits per heavy atom. The van der Waals surface area contributed by atoms with Crippen LogP contribution in [0.2, 0.25) is 0 Å². The lowest BCUT2D eigenvalue weighted by atomic mass is 9.97. The first-order valence-corrected chi connectivity index (χ1v) is 7.54. The molecule has 0 aliphatic carbocycles. The summed E-state index contributed by atoms with van der Waals surface area (Å²) in [6.45, 7) is 6.98. The van der Waals surface area contributed by atoms with Gasteiger partial charge in [-0.15, -0.1) is 0 Å². The van der Waals surface area contributed by atoms with E-state index in [1.165, 1.54) is 0 Å². The van der Waals surface area contributed by atoms with E-state index in [0.717, 1.165) is 50.9 Å². The van der Waals surface area contributed by atoms with Gasteiger partial charge in [0, 0.05) is 19.6 Å². The summed E-state index contributed by atoms with van der Waals surface area (Å²) in [7, 11) is 0. The van der Waals surface area contributed by atoms with Crippen LogP contribution in [-0.2, 0) is 9.53 Å². The molecular formula is C15H22N4O2. The fourth-order valence-corrected chi connectivity index (χ4v) is 2.84. The molecule has 21 heavy (non-hydrogen) atoms. The van der Waals surface area contributed by atoms with E-state index in [-0.39, 0.29) is 11.8 Å². The van der Waals surface area contributed by atoms with Crippen LogP contribution in [0.3, 0.4) is 0 Å². The lowest BCUT2D eigenvalue weighted by Crippen LogP contribution is -2.36. The first-order chi connectivity index (χ1) is 10.2. The maximum atomic E-state index is 12.2. The summed E-state index contributed by atoms with van der Waals surface area (Å²) < 4.78 is 5.33. The maximum Gasteiger partial charge on any atom is 0.229 e. The first-order valence-electron chi connectivity index (χ1n) is 7.54. The van der Waals surface area contributed by atoms with Crippen molar-refractivity contribution in [1.29, 1.82) is 0 Å². The van der Waals surface area contributed by atoms with Crippen molar-refractivity contribution < 1.29 is 9.53 Å². The lowest BCUT2D eigenvalue weighted by molar-refractivity contribution is -0.120. The zero-order valence-electron chi connectivity index (χ0n) is 12.3. The molecule has 1 amide bonds. The van der Waals surface area contributed by atoms with E-state index in [0.29, 0.717) is 5.92 Å². The molecule has 0 unspecified atom stereocenters. The molecule has 3 rings (SSSR count). The third-order valence-electron chi connectivity index (χ3n) is 4.20. The molecule has 2 aliphatic rings. The summed E-state index contributed by atoms with van der Waals surface area (Å²) in [4.78, 5) is 18.8. The van der Waals surface area contributed by atoms with Crippen LogP contribution in [-0.4, -0.2) is 50.3 Å². The van der Waals surface area contributed by atoms with Crippen LogP contribution < -0.4 is 15.5 Å². The minimum atomic E-state index is 0.0453. The van der Waals surface area contributed by atoms with E-state index in [4.69, 9.17) is 4.74 Å². The minimum absolute atomic E-state index is 0.0453. The van der Waals surface area contributed by atoms with Gasteiger partial charge in [0.1, 0.15) is 5.82 Å². The smallest absolute Gasteiger partial charge is 0.229 e. The SMILES string of the molecule is C[C@@H]1CNC[C@H]1C(=O)Nc1ccc(N2CCOCC2)nc1. The summed E-state index contributed by atoms with van der Waals surface area (Å²) in [6.07, 6.45) is 1.73. The van der Waals surface area contributed by atoms with Gasteiger partial charge < -0.3 is 20.3 Å². The number of amides is 1. The van der Waals surface area contributed by atoms with Gasteiger partial charge in [-0.25, -0.2) is 4.98 Å². The largest absolute Gasteiger partial charge is 0.378 e. The van der Waals surface area contributed by atoms with Crippen molar-refractivity contribution in [2.75, 3.05) is 49.6 Å². The molecule has 3 heterocycles. The maximum absolute atomic E-state index is 12.2. The van der Waals surface area contributed by atoms with E-state index in [9.17, 15) is 4.79 Å². The van der Waals surface area contributed by atoms with E-state index in [1.54, 1.807) is 6.20 Å². The molecule has 6 nitrogen and oxygen atoms in total. The van der Waals surface area contributed by atoms with Gasteiger partial charge in [0.15, 0.2) is 0 Å². The molecule has 1 aromatic rings. The average Bonchev–Trinajstić information content (AvgIpc) is 2.95. The van der Waals surface area contributed by atoms with Crippen LogP contribution in [0.4, 0.5) is 11.5 Å². The summed E-state index contributed by atoms with van der Waals surface area (Å²) in [5, 5.41) is 6.21. The Morgan fingerprint density at radius 2 is 2.19 bits per heavy atom. The van der Waals surface area contributed by atoms with Crippen LogP contribution in [0.25, 0.3) is 0 Å². The van der Waals surface area contributed by atoms with E-state index in [1.807, 2.05) is 12.1 Å². The Kier molecular flexibility index (Phi) is 4.36. The molecule has 2 aliphatic heterocycles. The van der Waals surface area contributed by atoms with Gasteiger partial charge in [-0.05, 0) is 24.6 Å². The third-order valence-corrected chi connectivity index (χ3v) is 4.20. The Bertz CT molecular complexity index is 485. The fraction of sp³-hybridized carbons (Fsp3) is 0.600. The number of carbonyl (C=O) groups excluding carboxylic acids is 1. The Balaban J connectivity index is 1.60. The second kappa shape index (κ2) is 6.41. The zero-order chi connectivity index (χ0) is 14.7. The number of pyridine rings is 1. The standard InChI is InChI=1S/C15H22N4O2/c1-11-8-16-10-13(11)15(20)18-12-2-3-14(17-9-12)19-4-6-21-7-5-19/h2-3,9,11,13,16H,4-8,10H2,1H3,(H,18,20)/t11-,13-/m1/s1. The zero-order valence-corrected chi connectivity index (χ0v) is 12.3. The highest BCUT2D eigenvalue weighted by Gasteiger charge is 2.29. The third kappa shape index (κ3) is 3.33. The van der Waals surface area contributed by atoms with Crippen LogP contribution in [0.15, 0.2) is 18.3 Å². The molecule has 0 aromatic carbocycles. The number of ether oxygens (including phenoxy) is 1. The number of hydrogen-bond donors (Lipinski definition) is 2. The lowest BCUT2D eigenvalue weighted by Gasteiger charge is -2.27. The number of hydrogen-bond acceptors (Lipinski definition) is 5. The molecule has 2 saturated heterocycles. The van der Waals surface area contributed by atoms with Gasteiger partial charge >= 0.3 is 0 Å². The molecule has 0 bridgehead atoms. The van der Waals surface area contributed by atoms with Crippen molar-refractivity contribution in [1.82, 2.24) is 10.3 Å². The average molecular weight is 290 g/mol. The van der Waals surface area contributed by atoms with Gasteiger partial charge in [-0.3, -0.25) is 4.79 Å². The van der Waals surface area contributed by atoms with Crippen molar-refractivity contribution in [2.45, 2.75) is 6.92 Å². The summed E-state index contributed by atoms with van der Waals surface area (Å²) >= 11 is 0. The topological polar surface area (TPSA) is 66.5 Å². The van der Waals surface area contributed by atoms with E-state index >= 15 is 0 Å². The van der Waals surface area contributed by atoms with Gasteiger partial charge in [0.05, 0.1) is 31.0 Å². The molecule has 1 aromatic heterocycles. The predicted molar refractivity (Wildman–Crippen MR) is 81.4 cm³/mol. The summed E-state index contributed by atoms with van der Waals surface area (Å²) in [5.74, 6) is 1.44. The van der Waals surface area contributed by atoms with E-state index < -0.39 is 0 Å². The number of anilines is 2. The van der Waals surface area contributed by atoms with Crippen molar-refractivity contribution in [3.05, 3.63) is 18.3 Å². The number of aromatic nitrogens is 1. The van der Waals surface area contributed by atoms with Crippen molar-refractivity contribution in [2.24, 2.45) is 11.8 Å². The number of morpholine rings is 1. The predicted octanol–water partition coefficient (Wildman–Crippen LogP) is 0.712. The van der Waals surface area contributed by atoms with Gasteiger partial charge in [0.2, 0.25) is 5.91 Å². The molecule has 0 saturated carbocycles. The summed E-state index contributed by atoms with van der Waals surface area (Å²) in [5.41, 5.74) is 0.760. The van der Waals surface area contributed by atoms with Crippen LogP contribution in [0.1, 0.15) is 6.92 Å². The van der Waals surface area contributed by atoms with Crippen molar-refractivity contribution in [3.8, 4) is 0 Å². The molecule has 2 N–H and O–H groups in total. The highest BCUT2D eigenvalue weighted by atomic mass is 16.5. The number of nitrogens with zero attached hydrogens (tertiary/aromatic N) is 2. The monoisotopic (exact) mass is 290 g/mol.